The molecule has 1 aliphatic rings. The number of hydrogen-bond donors (Lipinski definition) is 3. The molecule has 0 saturated heterocycles. The molecule has 0 bridgehead atoms. The van der Waals surface area contributed by atoms with E-state index in [1.165, 1.54) is 18.4 Å². The van der Waals surface area contributed by atoms with Gasteiger partial charge in [-0.1, -0.05) is 31.9 Å². The molecule has 26 heavy (non-hydrogen) atoms. The summed E-state index contributed by atoms with van der Waals surface area (Å²) in [6.07, 6.45) is 5.61. The molecule has 0 spiro atoms. The van der Waals surface area contributed by atoms with Gasteiger partial charge in [-0.2, -0.15) is 0 Å². The van der Waals surface area contributed by atoms with Crippen molar-refractivity contribution >= 4 is 28.6 Å². The Balaban J connectivity index is 1.50. The minimum absolute atomic E-state index is 0.00179. The van der Waals surface area contributed by atoms with Crippen LogP contribution in [-0.2, 0) is 6.42 Å². The van der Waals surface area contributed by atoms with E-state index < -0.39 is 0 Å². The van der Waals surface area contributed by atoms with Crippen molar-refractivity contribution in [2.75, 3.05) is 5.32 Å². The van der Waals surface area contributed by atoms with Crippen LogP contribution in [0.15, 0.2) is 42.5 Å². The molecular formula is C21H24N4O. The number of nitrogens with zero attached hydrogens (tertiary/aromatic N) is 1. The molecule has 5 nitrogen and oxygen atoms in total. The number of benzene rings is 2. The Labute approximate surface area is 153 Å². The summed E-state index contributed by atoms with van der Waals surface area (Å²) >= 11 is 0. The van der Waals surface area contributed by atoms with Crippen LogP contribution in [0.3, 0.4) is 0 Å². The van der Waals surface area contributed by atoms with Crippen LogP contribution < -0.4 is 10.6 Å². The lowest BCUT2D eigenvalue weighted by molar-refractivity contribution is 0.0938. The Morgan fingerprint density at radius 2 is 1.92 bits per heavy atom. The highest BCUT2D eigenvalue weighted by atomic mass is 16.1. The van der Waals surface area contributed by atoms with E-state index >= 15 is 0 Å². The molecule has 3 N–H and O–H groups in total. The second-order valence-electron chi connectivity index (χ2n) is 6.95. The highest BCUT2D eigenvalue weighted by molar-refractivity contribution is 5.97. The quantitative estimate of drug-likeness (QED) is 0.634. The first-order chi connectivity index (χ1) is 12.7. The third kappa shape index (κ3) is 3.57. The Bertz CT molecular complexity index is 907. The largest absolute Gasteiger partial charge is 0.349 e. The average Bonchev–Trinajstić information content (AvgIpc) is 3.30. The first-order valence-electron chi connectivity index (χ1n) is 9.38. The molecule has 0 atom stereocenters. The van der Waals surface area contributed by atoms with Crippen LogP contribution in [0.25, 0.3) is 11.0 Å². The van der Waals surface area contributed by atoms with Crippen LogP contribution in [-0.4, -0.2) is 21.9 Å². The fraction of sp³-hybridized carbons (Fsp3) is 0.333. The van der Waals surface area contributed by atoms with Gasteiger partial charge in [0.05, 0.1) is 11.0 Å². The Morgan fingerprint density at radius 3 is 2.65 bits per heavy atom. The number of carbonyl (C=O) groups excluding carboxylic acids is 1. The van der Waals surface area contributed by atoms with E-state index in [1.54, 1.807) is 0 Å². The summed E-state index contributed by atoms with van der Waals surface area (Å²) < 4.78 is 0. The minimum Gasteiger partial charge on any atom is -0.349 e. The summed E-state index contributed by atoms with van der Waals surface area (Å²) in [4.78, 5) is 20.3. The third-order valence-electron chi connectivity index (χ3n) is 5.06. The van der Waals surface area contributed by atoms with Crippen LogP contribution in [0, 0.1) is 0 Å². The van der Waals surface area contributed by atoms with E-state index in [9.17, 15) is 4.79 Å². The van der Waals surface area contributed by atoms with Gasteiger partial charge in [0.2, 0.25) is 5.95 Å². The monoisotopic (exact) mass is 348 g/mol. The predicted molar refractivity (Wildman–Crippen MR) is 105 cm³/mol. The molecular weight excluding hydrogens is 324 g/mol. The van der Waals surface area contributed by atoms with Crippen molar-refractivity contribution in [2.45, 2.75) is 45.1 Å². The van der Waals surface area contributed by atoms with Crippen molar-refractivity contribution in [3.8, 4) is 0 Å². The van der Waals surface area contributed by atoms with Gasteiger partial charge in [-0.25, -0.2) is 4.98 Å². The molecule has 1 amide bonds. The van der Waals surface area contributed by atoms with Gasteiger partial charge in [-0.05, 0) is 55.2 Å². The van der Waals surface area contributed by atoms with Crippen molar-refractivity contribution < 1.29 is 4.79 Å². The third-order valence-corrected chi connectivity index (χ3v) is 5.06. The summed E-state index contributed by atoms with van der Waals surface area (Å²) in [5.74, 6) is 0.677. The SMILES string of the molecule is CCc1ccc(Nc2nc3ccc(C(=O)NC4CCCC4)cc3[nH]2)cc1. The minimum atomic E-state index is -0.00179. The summed E-state index contributed by atoms with van der Waals surface area (Å²) in [5, 5.41) is 6.41. The molecule has 0 radical (unpaired) electrons. The number of aromatic amines is 1. The number of aromatic nitrogens is 2. The van der Waals surface area contributed by atoms with E-state index in [2.05, 4.69) is 39.7 Å². The molecule has 3 aromatic rings. The van der Waals surface area contributed by atoms with Gasteiger partial charge in [-0.3, -0.25) is 4.79 Å². The van der Waals surface area contributed by atoms with Crippen LogP contribution in [0.5, 0.6) is 0 Å². The first-order valence-corrected chi connectivity index (χ1v) is 9.38. The van der Waals surface area contributed by atoms with Gasteiger partial charge < -0.3 is 15.6 Å². The normalized spacial score (nSPS) is 14.7. The maximum Gasteiger partial charge on any atom is 0.251 e. The van der Waals surface area contributed by atoms with Crippen LogP contribution in [0.2, 0.25) is 0 Å². The van der Waals surface area contributed by atoms with Crippen molar-refractivity contribution in [3.63, 3.8) is 0 Å². The number of imidazole rings is 1. The molecule has 0 unspecified atom stereocenters. The zero-order chi connectivity index (χ0) is 17.9. The van der Waals surface area contributed by atoms with E-state index in [4.69, 9.17) is 0 Å². The Kier molecular flexibility index (Phi) is 4.61. The summed E-state index contributed by atoms with van der Waals surface area (Å²) in [6.45, 7) is 2.14. The first kappa shape index (κ1) is 16.6. The summed E-state index contributed by atoms with van der Waals surface area (Å²) in [7, 11) is 0. The number of rotatable bonds is 5. The molecule has 1 aliphatic carbocycles. The number of nitrogens with one attached hydrogen (secondary N) is 3. The predicted octanol–water partition coefficient (Wildman–Crippen LogP) is 4.54. The number of carbonyl (C=O) groups is 1. The molecule has 1 saturated carbocycles. The van der Waals surface area contributed by atoms with Crippen LogP contribution in [0.4, 0.5) is 11.6 Å². The number of anilines is 2. The molecule has 5 heteroatoms. The molecule has 4 rings (SSSR count). The van der Waals surface area contributed by atoms with Crippen molar-refractivity contribution in [3.05, 3.63) is 53.6 Å². The fourth-order valence-corrected chi connectivity index (χ4v) is 3.51. The van der Waals surface area contributed by atoms with Crippen molar-refractivity contribution in [2.24, 2.45) is 0 Å². The molecule has 1 aromatic heterocycles. The van der Waals surface area contributed by atoms with E-state index in [1.807, 2.05) is 30.3 Å². The topological polar surface area (TPSA) is 69.8 Å². The standard InChI is InChI=1S/C21H24N4O/c1-2-14-7-10-17(11-8-14)23-21-24-18-12-9-15(13-19(18)25-21)20(26)22-16-5-3-4-6-16/h7-13,16H,2-6H2,1H3,(H,22,26)(H2,23,24,25). The summed E-state index contributed by atoms with van der Waals surface area (Å²) in [5.41, 5.74) is 4.66. The lowest BCUT2D eigenvalue weighted by atomic mass is 10.1. The molecule has 134 valence electrons. The second kappa shape index (κ2) is 7.20. The lowest BCUT2D eigenvalue weighted by Gasteiger charge is -2.11. The molecule has 1 fully saturated rings. The smallest absolute Gasteiger partial charge is 0.251 e. The van der Waals surface area contributed by atoms with E-state index in [0.29, 0.717) is 17.6 Å². The zero-order valence-electron chi connectivity index (χ0n) is 15.0. The maximum absolute atomic E-state index is 12.4. The van der Waals surface area contributed by atoms with Gasteiger partial charge in [-0.15, -0.1) is 0 Å². The van der Waals surface area contributed by atoms with Gasteiger partial charge in [0.1, 0.15) is 0 Å². The van der Waals surface area contributed by atoms with Gasteiger partial charge in [0, 0.05) is 17.3 Å². The Morgan fingerprint density at radius 1 is 1.15 bits per heavy atom. The highest BCUT2D eigenvalue weighted by Gasteiger charge is 2.18. The number of hydrogen-bond acceptors (Lipinski definition) is 3. The lowest BCUT2D eigenvalue weighted by Crippen LogP contribution is -2.32. The van der Waals surface area contributed by atoms with E-state index in [0.717, 1.165) is 36.0 Å². The summed E-state index contributed by atoms with van der Waals surface area (Å²) in [6, 6.07) is 14.2. The van der Waals surface area contributed by atoms with Gasteiger partial charge >= 0.3 is 0 Å². The number of aryl methyl sites for hydroxylation is 1. The highest BCUT2D eigenvalue weighted by Crippen LogP contribution is 2.21. The van der Waals surface area contributed by atoms with E-state index in [-0.39, 0.29) is 5.91 Å². The maximum atomic E-state index is 12.4. The van der Waals surface area contributed by atoms with Crippen molar-refractivity contribution in [1.29, 1.82) is 0 Å². The molecule has 0 aliphatic heterocycles. The molecule has 1 heterocycles. The Hall–Kier alpha value is -2.82. The fourth-order valence-electron chi connectivity index (χ4n) is 3.51. The number of fused-ring (bicyclic) bond motifs is 1. The van der Waals surface area contributed by atoms with Crippen LogP contribution in [0.1, 0.15) is 48.5 Å². The van der Waals surface area contributed by atoms with Crippen LogP contribution >= 0.6 is 0 Å². The van der Waals surface area contributed by atoms with Gasteiger partial charge in [0.25, 0.3) is 5.91 Å². The van der Waals surface area contributed by atoms with Gasteiger partial charge in [0.15, 0.2) is 0 Å². The average molecular weight is 348 g/mol. The second-order valence-corrected chi connectivity index (χ2v) is 6.95. The number of amides is 1. The molecule has 2 aromatic carbocycles. The van der Waals surface area contributed by atoms with Crippen molar-refractivity contribution in [1.82, 2.24) is 15.3 Å². The number of H-pyrrole nitrogens is 1. The zero-order valence-corrected chi connectivity index (χ0v) is 15.0.